The quantitative estimate of drug-likeness (QED) is 0.407. The zero-order chi connectivity index (χ0) is 24.4. The Morgan fingerprint density at radius 3 is 2.77 bits per heavy atom. The molecular weight excluding hydrogens is 446 g/mol. The van der Waals surface area contributed by atoms with Gasteiger partial charge in [0.15, 0.2) is 0 Å². The van der Waals surface area contributed by atoms with E-state index in [0.717, 1.165) is 24.2 Å². The Hall–Kier alpha value is -4.24. The van der Waals surface area contributed by atoms with Gasteiger partial charge in [0.2, 0.25) is 5.91 Å². The lowest BCUT2D eigenvalue weighted by Gasteiger charge is -2.24. The molecule has 9 nitrogen and oxygen atoms in total. The van der Waals surface area contributed by atoms with Gasteiger partial charge in [-0.2, -0.15) is 5.10 Å². The number of fused-ring (bicyclic) bond motifs is 1. The molecule has 0 unspecified atom stereocenters. The molecule has 9 heteroatoms. The van der Waals surface area contributed by atoms with E-state index in [4.69, 9.17) is 5.21 Å². The fraction of sp³-hybridized carbons (Fsp3) is 0.231. The van der Waals surface area contributed by atoms with Crippen molar-refractivity contribution in [1.29, 1.82) is 0 Å². The lowest BCUT2D eigenvalue weighted by atomic mass is 10.1. The molecular formula is C26H25N5O4. The van der Waals surface area contributed by atoms with Gasteiger partial charge in [0, 0.05) is 54.4 Å². The Morgan fingerprint density at radius 1 is 1.17 bits per heavy atom. The fourth-order valence-electron chi connectivity index (χ4n) is 4.20. The number of benzene rings is 1. The van der Waals surface area contributed by atoms with Crippen LogP contribution in [0.2, 0.25) is 0 Å². The zero-order valence-electron chi connectivity index (χ0n) is 19.0. The Bertz CT molecular complexity index is 1380. The van der Waals surface area contributed by atoms with E-state index in [1.807, 2.05) is 42.6 Å². The largest absolute Gasteiger partial charge is 0.313 e. The lowest BCUT2D eigenvalue weighted by Crippen LogP contribution is -2.37. The van der Waals surface area contributed by atoms with Crippen LogP contribution in [0.3, 0.4) is 0 Å². The zero-order valence-corrected chi connectivity index (χ0v) is 19.0. The van der Waals surface area contributed by atoms with Crippen LogP contribution in [0, 0.1) is 5.92 Å². The molecule has 1 aromatic carbocycles. The van der Waals surface area contributed by atoms with Crippen molar-refractivity contribution in [1.82, 2.24) is 19.8 Å². The molecule has 2 N–H and O–H groups in total. The summed E-state index contributed by atoms with van der Waals surface area (Å²) in [5, 5.41) is 13.3. The van der Waals surface area contributed by atoms with Gasteiger partial charge >= 0.3 is 0 Å². The van der Waals surface area contributed by atoms with E-state index >= 15 is 0 Å². The molecule has 1 fully saturated rings. The maximum absolute atomic E-state index is 13.3. The summed E-state index contributed by atoms with van der Waals surface area (Å²) >= 11 is 0. The number of hydroxylamine groups is 1. The number of aromatic nitrogens is 3. The minimum atomic E-state index is -0.643. The van der Waals surface area contributed by atoms with Crippen molar-refractivity contribution in [2.75, 3.05) is 11.4 Å². The maximum Gasteiger partial charge on any atom is 0.270 e. The number of nitrogens with zero attached hydrogens (tertiary/aromatic N) is 4. The second-order valence-corrected chi connectivity index (χ2v) is 8.63. The number of carbonyl (C=O) groups excluding carboxylic acids is 2. The fourth-order valence-corrected chi connectivity index (χ4v) is 4.20. The number of nitrogens with one attached hydrogen (secondary N) is 1. The highest BCUT2D eigenvalue weighted by Gasteiger charge is 2.34. The molecule has 2 heterocycles. The molecule has 178 valence electrons. The molecule has 0 radical (unpaired) electrons. The summed E-state index contributed by atoms with van der Waals surface area (Å²) in [7, 11) is 0. The van der Waals surface area contributed by atoms with E-state index in [9.17, 15) is 14.4 Å². The Kier molecular flexibility index (Phi) is 6.15. The third-order valence-electron chi connectivity index (χ3n) is 6.25. The van der Waals surface area contributed by atoms with Crippen LogP contribution < -0.4 is 15.9 Å². The predicted molar refractivity (Wildman–Crippen MR) is 131 cm³/mol. The van der Waals surface area contributed by atoms with Gasteiger partial charge in [0.05, 0.1) is 5.69 Å². The molecule has 1 saturated carbocycles. The summed E-state index contributed by atoms with van der Waals surface area (Å²) in [4.78, 5) is 40.1. The first-order valence-corrected chi connectivity index (χ1v) is 11.5. The summed E-state index contributed by atoms with van der Waals surface area (Å²) in [6, 6.07) is 11.3. The minimum absolute atomic E-state index is 0.0137. The van der Waals surface area contributed by atoms with Crippen molar-refractivity contribution >= 4 is 29.7 Å². The summed E-state index contributed by atoms with van der Waals surface area (Å²) in [5.41, 5.74) is 4.33. The standard InChI is InChI=1S/C26H25N5O4/c32-24(28-35)20-5-1-4-18-10-13-29(26(34)23(18)16-20)14-15-30(25(33)19-8-9-19)21-6-2-7-22(17-21)31-12-3-11-27-31/h1-4,6-7,10-13,16-17,19,35H,5,8-9,14-15H2,(H,28,32). The molecule has 2 aromatic heterocycles. The molecule has 2 amide bonds. The highest BCUT2D eigenvalue weighted by molar-refractivity contribution is 5.98. The number of hydrogen-bond acceptors (Lipinski definition) is 5. The smallest absolute Gasteiger partial charge is 0.270 e. The first kappa shape index (κ1) is 22.5. The van der Waals surface area contributed by atoms with Crippen LogP contribution in [-0.4, -0.2) is 37.9 Å². The van der Waals surface area contributed by atoms with Crippen LogP contribution in [0.5, 0.6) is 0 Å². The van der Waals surface area contributed by atoms with Crippen LogP contribution in [0.15, 0.2) is 71.4 Å². The Morgan fingerprint density at radius 2 is 2.03 bits per heavy atom. The van der Waals surface area contributed by atoms with E-state index in [1.165, 1.54) is 6.08 Å². The van der Waals surface area contributed by atoms with E-state index in [0.29, 0.717) is 29.7 Å². The average Bonchev–Trinajstić information content (AvgIpc) is 3.63. The predicted octanol–water partition coefficient (Wildman–Crippen LogP) is 2.78. The molecule has 0 spiro atoms. The van der Waals surface area contributed by atoms with E-state index in [1.54, 1.807) is 44.2 Å². The summed E-state index contributed by atoms with van der Waals surface area (Å²) in [5.74, 6) is -0.578. The SMILES string of the molecule is O=C(NO)C1=Cc2c(ccn(CCN(C(=O)C3CC3)c3cccc(-n4cccn4)c3)c2=O)C=CC1. The van der Waals surface area contributed by atoms with Gasteiger partial charge in [-0.1, -0.05) is 18.2 Å². The van der Waals surface area contributed by atoms with E-state index < -0.39 is 5.91 Å². The molecule has 0 saturated heterocycles. The van der Waals surface area contributed by atoms with E-state index in [-0.39, 0.29) is 23.9 Å². The number of allylic oxidation sites excluding steroid dienone is 1. The number of amides is 2. The highest BCUT2D eigenvalue weighted by atomic mass is 16.5. The first-order chi connectivity index (χ1) is 17.0. The lowest BCUT2D eigenvalue weighted by molar-refractivity contribution is -0.125. The topological polar surface area (TPSA) is 109 Å². The minimum Gasteiger partial charge on any atom is -0.313 e. The molecule has 0 bridgehead atoms. The van der Waals surface area contributed by atoms with Gasteiger partial charge in [-0.25, -0.2) is 10.2 Å². The molecule has 3 aromatic rings. The third kappa shape index (κ3) is 4.71. The molecule has 0 aliphatic heterocycles. The van der Waals surface area contributed by atoms with Crippen LogP contribution in [-0.2, 0) is 16.1 Å². The number of pyridine rings is 1. The van der Waals surface area contributed by atoms with Crippen molar-refractivity contribution in [3.8, 4) is 5.69 Å². The first-order valence-electron chi connectivity index (χ1n) is 11.5. The van der Waals surface area contributed by atoms with Gasteiger partial charge in [-0.3, -0.25) is 19.6 Å². The maximum atomic E-state index is 13.3. The Balaban J connectivity index is 1.44. The Labute approximate surface area is 201 Å². The number of hydrogen-bond donors (Lipinski definition) is 2. The highest BCUT2D eigenvalue weighted by Crippen LogP contribution is 2.33. The van der Waals surface area contributed by atoms with Crippen LogP contribution in [0.1, 0.15) is 30.4 Å². The van der Waals surface area contributed by atoms with Crippen molar-refractivity contribution in [3.63, 3.8) is 0 Å². The second-order valence-electron chi connectivity index (χ2n) is 8.63. The van der Waals surface area contributed by atoms with Crippen molar-refractivity contribution in [3.05, 3.63) is 88.1 Å². The van der Waals surface area contributed by atoms with Gasteiger partial charge in [0.25, 0.3) is 11.5 Å². The van der Waals surface area contributed by atoms with Crippen LogP contribution >= 0.6 is 0 Å². The van der Waals surface area contributed by atoms with Crippen molar-refractivity contribution in [2.45, 2.75) is 25.8 Å². The molecule has 35 heavy (non-hydrogen) atoms. The number of rotatable bonds is 7. The molecule has 5 rings (SSSR count). The van der Waals surface area contributed by atoms with Gasteiger partial charge < -0.3 is 9.47 Å². The monoisotopic (exact) mass is 471 g/mol. The van der Waals surface area contributed by atoms with Crippen LogP contribution in [0.25, 0.3) is 17.8 Å². The normalized spacial score (nSPS) is 14.6. The third-order valence-corrected chi connectivity index (χ3v) is 6.25. The van der Waals surface area contributed by atoms with Gasteiger partial charge in [-0.15, -0.1) is 0 Å². The number of carbonyl (C=O) groups is 2. The van der Waals surface area contributed by atoms with Gasteiger partial charge in [-0.05, 0) is 61.2 Å². The molecule has 2 aliphatic carbocycles. The second kappa shape index (κ2) is 9.55. The van der Waals surface area contributed by atoms with E-state index in [2.05, 4.69) is 5.10 Å². The molecule has 2 aliphatic rings. The average molecular weight is 472 g/mol. The number of anilines is 1. The summed E-state index contributed by atoms with van der Waals surface area (Å²) < 4.78 is 3.29. The van der Waals surface area contributed by atoms with Gasteiger partial charge in [0.1, 0.15) is 0 Å². The van der Waals surface area contributed by atoms with Crippen molar-refractivity contribution < 1.29 is 14.8 Å². The summed E-state index contributed by atoms with van der Waals surface area (Å²) in [6.45, 7) is 0.607. The van der Waals surface area contributed by atoms with Crippen molar-refractivity contribution in [2.24, 2.45) is 5.92 Å². The molecule has 0 atom stereocenters. The summed E-state index contributed by atoms with van der Waals surface area (Å²) in [6.07, 6.45) is 12.4. The van der Waals surface area contributed by atoms with Crippen LogP contribution in [0.4, 0.5) is 5.69 Å².